The average Bonchev–Trinajstić information content (AvgIpc) is 2.64. The number of guanidine groups is 1. The van der Waals surface area contributed by atoms with Crippen LogP contribution in [0.4, 0.5) is 13.2 Å². The van der Waals surface area contributed by atoms with E-state index >= 15 is 0 Å². The zero-order chi connectivity index (χ0) is 19.0. The zero-order valence-electron chi connectivity index (χ0n) is 15.6. The molecule has 0 aliphatic carbocycles. The molecule has 9 heteroatoms. The summed E-state index contributed by atoms with van der Waals surface area (Å²) in [6, 6.07) is 7.91. The third-order valence-electron chi connectivity index (χ3n) is 4.67. The first-order valence-corrected chi connectivity index (χ1v) is 8.62. The van der Waals surface area contributed by atoms with E-state index in [0.29, 0.717) is 25.7 Å². The van der Waals surface area contributed by atoms with Crippen LogP contribution in [0.25, 0.3) is 0 Å². The van der Waals surface area contributed by atoms with E-state index < -0.39 is 12.6 Å². The summed E-state index contributed by atoms with van der Waals surface area (Å²) >= 11 is 0. The minimum Gasteiger partial charge on any atom is -0.497 e. The van der Waals surface area contributed by atoms with E-state index in [1.54, 1.807) is 14.2 Å². The Labute approximate surface area is 175 Å². The van der Waals surface area contributed by atoms with Gasteiger partial charge in [-0.2, -0.15) is 13.2 Å². The van der Waals surface area contributed by atoms with Gasteiger partial charge in [-0.3, -0.25) is 4.99 Å². The summed E-state index contributed by atoms with van der Waals surface area (Å²) < 4.78 is 47.6. The Kier molecular flexibility index (Phi) is 9.65. The Morgan fingerprint density at radius 3 is 2.33 bits per heavy atom. The van der Waals surface area contributed by atoms with Crippen LogP contribution in [0, 0.1) is 0 Å². The molecule has 0 amide bonds. The van der Waals surface area contributed by atoms with Crippen molar-refractivity contribution in [3.8, 4) is 5.75 Å². The van der Waals surface area contributed by atoms with Gasteiger partial charge < -0.3 is 20.1 Å². The third kappa shape index (κ3) is 7.36. The molecular weight excluding hydrogens is 474 g/mol. The summed E-state index contributed by atoms with van der Waals surface area (Å²) in [6.45, 7) is 1.65. The number of methoxy groups -OCH3 is 1. The minimum atomic E-state index is -4.18. The summed E-state index contributed by atoms with van der Waals surface area (Å²) in [6.07, 6.45) is -3.43. The lowest BCUT2D eigenvalue weighted by Gasteiger charge is -2.38. The molecule has 0 unspecified atom stereocenters. The minimum absolute atomic E-state index is 0. The monoisotopic (exact) mass is 501 g/mol. The van der Waals surface area contributed by atoms with Gasteiger partial charge in [0.2, 0.25) is 0 Å². The van der Waals surface area contributed by atoms with Crippen molar-refractivity contribution in [1.29, 1.82) is 0 Å². The highest BCUT2D eigenvalue weighted by atomic mass is 127. The molecule has 0 spiro atoms. The molecule has 154 valence electrons. The molecule has 27 heavy (non-hydrogen) atoms. The van der Waals surface area contributed by atoms with Gasteiger partial charge in [0.05, 0.1) is 13.5 Å². The van der Waals surface area contributed by atoms with Crippen LogP contribution in [0.2, 0.25) is 0 Å². The highest BCUT2D eigenvalue weighted by Gasteiger charge is 2.34. The lowest BCUT2D eigenvalue weighted by Crippen LogP contribution is -2.48. The van der Waals surface area contributed by atoms with Crippen LogP contribution in [0.5, 0.6) is 5.75 Å². The molecule has 0 atom stereocenters. The number of ether oxygens (including phenoxy) is 2. The van der Waals surface area contributed by atoms with Crippen LogP contribution in [0.1, 0.15) is 24.8 Å². The van der Waals surface area contributed by atoms with E-state index in [1.807, 2.05) is 24.3 Å². The molecule has 0 radical (unpaired) electrons. The van der Waals surface area contributed by atoms with Crippen molar-refractivity contribution in [2.24, 2.45) is 4.99 Å². The van der Waals surface area contributed by atoms with Gasteiger partial charge in [-0.25, -0.2) is 0 Å². The number of hydrogen-bond acceptors (Lipinski definition) is 3. The average molecular weight is 501 g/mol. The number of nitrogens with zero attached hydrogens (tertiary/aromatic N) is 1. The molecule has 5 nitrogen and oxygen atoms in total. The van der Waals surface area contributed by atoms with Gasteiger partial charge in [-0.1, -0.05) is 12.1 Å². The number of benzene rings is 1. The van der Waals surface area contributed by atoms with E-state index in [-0.39, 0.29) is 35.9 Å². The Balaban J connectivity index is 0.00000364. The van der Waals surface area contributed by atoms with E-state index in [2.05, 4.69) is 15.6 Å². The summed E-state index contributed by atoms with van der Waals surface area (Å²) in [7, 11) is 3.17. The van der Waals surface area contributed by atoms with Crippen molar-refractivity contribution in [2.45, 2.75) is 30.9 Å². The van der Waals surface area contributed by atoms with Crippen LogP contribution in [-0.4, -0.2) is 52.6 Å². The summed E-state index contributed by atoms with van der Waals surface area (Å²) in [5, 5.41) is 5.90. The van der Waals surface area contributed by atoms with E-state index in [9.17, 15) is 13.2 Å². The fraction of sp³-hybridized carbons (Fsp3) is 0.611. The molecule has 1 saturated heterocycles. The highest BCUT2D eigenvalue weighted by Crippen LogP contribution is 2.35. The Hall–Kier alpha value is -1.23. The second-order valence-corrected chi connectivity index (χ2v) is 6.34. The van der Waals surface area contributed by atoms with Gasteiger partial charge in [-0.15, -0.1) is 24.0 Å². The predicted octanol–water partition coefficient (Wildman–Crippen LogP) is 3.48. The number of nitrogens with one attached hydrogen (secondary N) is 2. The summed E-state index contributed by atoms with van der Waals surface area (Å²) in [4.78, 5) is 4.02. The van der Waals surface area contributed by atoms with Crippen LogP contribution in [-0.2, 0) is 10.2 Å². The number of alkyl halides is 3. The molecule has 0 bridgehead atoms. The molecule has 1 aliphatic heterocycles. The van der Waals surface area contributed by atoms with Crippen LogP contribution < -0.4 is 15.4 Å². The highest BCUT2D eigenvalue weighted by molar-refractivity contribution is 14.0. The quantitative estimate of drug-likeness (QED) is 0.356. The topological polar surface area (TPSA) is 54.9 Å². The SMILES string of the molecule is CN=C(NCCC(F)(F)F)NCC1(c2ccc(OC)cc2)CCOCC1.I. The lowest BCUT2D eigenvalue weighted by atomic mass is 9.74. The molecule has 1 aromatic rings. The molecule has 1 heterocycles. The van der Waals surface area contributed by atoms with Gasteiger partial charge >= 0.3 is 6.18 Å². The number of halogens is 4. The Morgan fingerprint density at radius 1 is 1.19 bits per heavy atom. The lowest BCUT2D eigenvalue weighted by molar-refractivity contribution is -0.132. The summed E-state index contributed by atoms with van der Waals surface area (Å²) in [5.41, 5.74) is 0.992. The van der Waals surface area contributed by atoms with Crippen molar-refractivity contribution >= 4 is 29.9 Å². The largest absolute Gasteiger partial charge is 0.497 e. The number of hydrogen-bond donors (Lipinski definition) is 2. The predicted molar refractivity (Wildman–Crippen MR) is 110 cm³/mol. The van der Waals surface area contributed by atoms with Crippen molar-refractivity contribution in [2.75, 3.05) is 40.5 Å². The molecule has 2 N–H and O–H groups in total. The second-order valence-electron chi connectivity index (χ2n) is 6.34. The smallest absolute Gasteiger partial charge is 0.390 e. The molecule has 0 aromatic heterocycles. The maximum Gasteiger partial charge on any atom is 0.390 e. The molecule has 1 aliphatic rings. The van der Waals surface area contributed by atoms with E-state index in [4.69, 9.17) is 9.47 Å². The van der Waals surface area contributed by atoms with Crippen LogP contribution >= 0.6 is 24.0 Å². The maximum absolute atomic E-state index is 12.3. The third-order valence-corrected chi connectivity index (χ3v) is 4.67. The Bertz CT molecular complexity index is 589. The maximum atomic E-state index is 12.3. The van der Waals surface area contributed by atoms with Crippen LogP contribution in [0.15, 0.2) is 29.3 Å². The zero-order valence-corrected chi connectivity index (χ0v) is 17.9. The normalized spacial score (nSPS) is 17.0. The first-order valence-electron chi connectivity index (χ1n) is 8.62. The number of aliphatic imine (C=N–C) groups is 1. The molecule has 2 rings (SSSR count). The Morgan fingerprint density at radius 2 is 1.81 bits per heavy atom. The fourth-order valence-electron chi connectivity index (χ4n) is 3.07. The molecule has 1 fully saturated rings. The summed E-state index contributed by atoms with van der Waals surface area (Å²) in [5.74, 6) is 1.15. The molecular formula is C18H27F3IN3O2. The van der Waals surface area contributed by atoms with Crippen molar-refractivity contribution < 1.29 is 22.6 Å². The first kappa shape index (κ1) is 23.8. The standard InChI is InChI=1S/C18H26F3N3O2.HI/c1-22-16(23-10-7-18(19,20)21)24-13-17(8-11-26-12-9-17)14-3-5-15(25-2)6-4-14;/h3-6H,7-13H2,1-2H3,(H2,22,23,24);1H. The fourth-order valence-corrected chi connectivity index (χ4v) is 3.07. The molecule has 0 saturated carbocycles. The van der Waals surface area contributed by atoms with E-state index in [1.165, 1.54) is 0 Å². The van der Waals surface area contributed by atoms with Gasteiger partial charge in [0.1, 0.15) is 5.75 Å². The second kappa shape index (κ2) is 10.9. The van der Waals surface area contributed by atoms with Crippen LogP contribution in [0.3, 0.4) is 0 Å². The van der Waals surface area contributed by atoms with Gasteiger partial charge in [-0.05, 0) is 30.5 Å². The number of rotatable bonds is 6. The van der Waals surface area contributed by atoms with E-state index in [0.717, 1.165) is 24.2 Å². The van der Waals surface area contributed by atoms with Gasteiger partial charge in [0.15, 0.2) is 5.96 Å². The van der Waals surface area contributed by atoms with Gasteiger partial charge in [0.25, 0.3) is 0 Å². The van der Waals surface area contributed by atoms with Crippen molar-refractivity contribution in [3.63, 3.8) is 0 Å². The molecule has 1 aromatic carbocycles. The van der Waals surface area contributed by atoms with Crippen molar-refractivity contribution in [1.82, 2.24) is 10.6 Å². The van der Waals surface area contributed by atoms with Gasteiger partial charge in [0, 0.05) is 38.8 Å². The first-order chi connectivity index (χ1) is 12.4. The van der Waals surface area contributed by atoms with Crippen molar-refractivity contribution in [3.05, 3.63) is 29.8 Å².